The van der Waals surface area contributed by atoms with E-state index in [1.54, 1.807) is 19.1 Å². The number of halogens is 4. The Morgan fingerprint density at radius 1 is 1.10 bits per heavy atom. The highest BCUT2D eigenvalue weighted by Gasteiger charge is 2.31. The highest BCUT2D eigenvalue weighted by Crippen LogP contribution is 2.26. The Kier molecular flexibility index (Phi) is 7.75. The van der Waals surface area contributed by atoms with Crippen molar-refractivity contribution in [3.05, 3.63) is 99.5 Å². The maximum Gasteiger partial charge on any atom is 0.573 e. The number of nitrogens with one attached hydrogen (secondary N) is 1. The van der Waals surface area contributed by atoms with Crippen LogP contribution < -0.4 is 15.8 Å². The van der Waals surface area contributed by atoms with Crippen LogP contribution in [0.5, 0.6) is 5.75 Å². The van der Waals surface area contributed by atoms with Crippen molar-refractivity contribution in [2.75, 3.05) is 5.32 Å². The predicted molar refractivity (Wildman–Crippen MR) is 138 cm³/mol. The van der Waals surface area contributed by atoms with Crippen LogP contribution in [-0.2, 0) is 0 Å². The summed E-state index contributed by atoms with van der Waals surface area (Å²) >= 11 is 6.29. The van der Waals surface area contributed by atoms with E-state index in [0.717, 1.165) is 16.8 Å². The number of benzene rings is 2. The third-order valence-electron chi connectivity index (χ3n) is 5.27. The van der Waals surface area contributed by atoms with E-state index in [0.29, 0.717) is 11.1 Å². The smallest absolute Gasteiger partial charge is 0.406 e. The van der Waals surface area contributed by atoms with E-state index >= 15 is 0 Å². The molecule has 0 radical (unpaired) electrons. The van der Waals surface area contributed by atoms with Crippen LogP contribution in [0.15, 0.2) is 60.8 Å². The van der Waals surface area contributed by atoms with Crippen molar-refractivity contribution in [1.82, 2.24) is 14.8 Å². The molecule has 13 heteroatoms. The normalized spacial score (nSPS) is 10.7. The van der Waals surface area contributed by atoms with Gasteiger partial charge in [0.05, 0.1) is 27.9 Å². The quantitative estimate of drug-likeness (QED) is 0.336. The topological polar surface area (TPSA) is 136 Å². The van der Waals surface area contributed by atoms with E-state index in [2.05, 4.69) is 32.0 Å². The third kappa shape index (κ3) is 6.38. The van der Waals surface area contributed by atoms with Crippen LogP contribution in [0.3, 0.4) is 0 Å². The van der Waals surface area contributed by atoms with Crippen LogP contribution >= 0.6 is 11.6 Å². The van der Waals surface area contributed by atoms with Crippen LogP contribution in [0.2, 0.25) is 5.02 Å². The molecule has 2 heterocycles. The maximum absolute atomic E-state index is 13.4. The molecule has 4 rings (SSSR count). The molecule has 0 aliphatic heterocycles. The van der Waals surface area contributed by atoms with Gasteiger partial charge in [0.2, 0.25) is 0 Å². The van der Waals surface area contributed by atoms with Crippen molar-refractivity contribution in [3.63, 3.8) is 0 Å². The molecule has 0 saturated heterocycles. The third-order valence-corrected chi connectivity index (χ3v) is 5.57. The lowest BCUT2D eigenvalue weighted by atomic mass is 10.0. The van der Waals surface area contributed by atoms with E-state index in [1.165, 1.54) is 36.5 Å². The average molecular weight is 565 g/mol. The number of carbonyl (C=O) groups is 2. The number of anilines is 1. The number of alkyl halides is 3. The molecule has 2 amide bonds. The number of amides is 2. The minimum Gasteiger partial charge on any atom is -0.406 e. The van der Waals surface area contributed by atoms with Gasteiger partial charge in [-0.25, -0.2) is 9.67 Å². The van der Waals surface area contributed by atoms with E-state index in [4.69, 9.17) is 17.3 Å². The molecule has 0 fully saturated rings. The van der Waals surface area contributed by atoms with Crippen molar-refractivity contribution >= 4 is 29.1 Å². The minimum absolute atomic E-state index is 0.0574. The Morgan fingerprint density at radius 3 is 2.45 bits per heavy atom. The summed E-state index contributed by atoms with van der Waals surface area (Å²) in [7, 11) is 0. The van der Waals surface area contributed by atoms with Gasteiger partial charge in [-0.2, -0.15) is 10.4 Å². The number of nitrogens with zero attached hydrogens (tertiary/aromatic N) is 4. The first kappa shape index (κ1) is 27.7. The molecule has 0 spiro atoms. The van der Waals surface area contributed by atoms with Gasteiger partial charge in [-0.15, -0.1) is 13.2 Å². The Morgan fingerprint density at radius 2 is 1.82 bits per heavy atom. The molecule has 0 aliphatic carbocycles. The lowest BCUT2D eigenvalue weighted by Crippen LogP contribution is -2.22. The molecule has 4 aromatic rings. The molecule has 40 heavy (non-hydrogen) atoms. The highest BCUT2D eigenvalue weighted by molar-refractivity contribution is 6.32. The number of pyridine rings is 1. The Balaban J connectivity index is 1.72. The molecule has 0 unspecified atom stereocenters. The fourth-order valence-electron chi connectivity index (χ4n) is 3.56. The maximum atomic E-state index is 13.4. The largest absolute Gasteiger partial charge is 0.573 e. The second kappa shape index (κ2) is 11.2. The molecular formula is C27H16ClF3N6O3. The molecule has 2 aromatic carbocycles. The summed E-state index contributed by atoms with van der Waals surface area (Å²) in [4.78, 5) is 29.6. The van der Waals surface area contributed by atoms with Crippen LogP contribution in [0.1, 0.15) is 43.2 Å². The average Bonchev–Trinajstić information content (AvgIpc) is 3.32. The number of primary amides is 1. The van der Waals surface area contributed by atoms with Crippen molar-refractivity contribution in [3.8, 4) is 29.5 Å². The Bertz CT molecular complexity index is 1730. The number of carbonyl (C=O) groups excluding carboxylic acids is 2. The van der Waals surface area contributed by atoms with Crippen molar-refractivity contribution in [2.45, 2.75) is 13.3 Å². The fourth-order valence-corrected chi connectivity index (χ4v) is 3.77. The molecule has 3 N–H and O–H groups in total. The number of aromatic nitrogens is 3. The summed E-state index contributed by atoms with van der Waals surface area (Å²) in [6, 6.07) is 14.0. The second-order valence-electron chi connectivity index (χ2n) is 8.10. The second-order valence-corrected chi connectivity index (χ2v) is 8.51. The first-order chi connectivity index (χ1) is 18.9. The first-order valence-electron chi connectivity index (χ1n) is 11.2. The molecule has 200 valence electrons. The Labute approximate surface area is 230 Å². The summed E-state index contributed by atoms with van der Waals surface area (Å²) in [5.74, 6) is 3.64. The molecule has 0 atom stereocenters. The van der Waals surface area contributed by atoms with E-state index in [9.17, 15) is 28.0 Å². The molecule has 9 nitrogen and oxygen atoms in total. The highest BCUT2D eigenvalue weighted by atomic mass is 35.5. The van der Waals surface area contributed by atoms with Crippen LogP contribution in [0.25, 0.3) is 5.82 Å². The zero-order valence-electron chi connectivity index (χ0n) is 20.4. The number of hydrogen-bond donors (Lipinski definition) is 2. The van der Waals surface area contributed by atoms with Gasteiger partial charge in [-0.3, -0.25) is 9.59 Å². The van der Waals surface area contributed by atoms with Gasteiger partial charge in [0.25, 0.3) is 11.8 Å². The zero-order valence-corrected chi connectivity index (χ0v) is 21.1. The van der Waals surface area contributed by atoms with E-state index in [-0.39, 0.29) is 39.0 Å². The summed E-state index contributed by atoms with van der Waals surface area (Å²) < 4.78 is 42.2. The molecule has 2 aromatic heterocycles. The molecule has 0 bridgehead atoms. The van der Waals surface area contributed by atoms with Crippen LogP contribution in [-0.4, -0.2) is 32.9 Å². The number of hydrogen-bond acceptors (Lipinski definition) is 6. The summed E-state index contributed by atoms with van der Waals surface area (Å²) in [5.41, 5.74) is 6.51. The minimum atomic E-state index is -4.82. The summed E-state index contributed by atoms with van der Waals surface area (Å²) in [5, 5.41) is 16.3. The monoisotopic (exact) mass is 564 g/mol. The van der Waals surface area contributed by atoms with Gasteiger partial charge < -0.3 is 15.8 Å². The van der Waals surface area contributed by atoms with Gasteiger partial charge in [0.15, 0.2) is 5.82 Å². The molecular weight excluding hydrogens is 549 g/mol. The van der Waals surface area contributed by atoms with Gasteiger partial charge in [-0.1, -0.05) is 17.5 Å². The van der Waals surface area contributed by atoms with Gasteiger partial charge in [0, 0.05) is 17.8 Å². The van der Waals surface area contributed by atoms with Gasteiger partial charge in [0.1, 0.15) is 17.1 Å². The standard InChI is InChI=1S/C27H16ClF3N6O3/c1-15-11-17(14-32)12-20(24(33)38)23(15)35-26(39)22-13-18(36-37(22)25-21(28)3-2-10-34-25)7-4-16-5-8-19(9-6-16)40-27(29,30)31/h2-3,5-6,8-13H,1H3,(H2,33,38)(H,35,39). The predicted octanol–water partition coefficient (Wildman–Crippen LogP) is 4.75. The zero-order chi connectivity index (χ0) is 29.0. The summed E-state index contributed by atoms with van der Waals surface area (Å²) in [6.45, 7) is 1.59. The number of rotatable bonds is 5. The van der Waals surface area contributed by atoms with E-state index < -0.39 is 23.9 Å². The SMILES string of the molecule is Cc1cc(C#N)cc(C(N)=O)c1NC(=O)c1cc(C#Cc2ccc(OC(F)(F)F)cc2)nn1-c1ncccc1Cl. The van der Waals surface area contributed by atoms with Crippen molar-refractivity contribution in [1.29, 1.82) is 5.26 Å². The van der Waals surface area contributed by atoms with Crippen LogP contribution in [0.4, 0.5) is 18.9 Å². The molecule has 0 saturated carbocycles. The summed E-state index contributed by atoms with van der Waals surface area (Å²) in [6.07, 6.45) is -3.38. The fraction of sp³-hybridized carbons (Fsp3) is 0.0741. The number of nitrogens with two attached hydrogens (primary N) is 1. The lowest BCUT2D eigenvalue weighted by molar-refractivity contribution is -0.274. The van der Waals surface area contributed by atoms with Gasteiger partial charge in [-0.05, 0) is 66.9 Å². The lowest BCUT2D eigenvalue weighted by Gasteiger charge is -2.13. The van der Waals surface area contributed by atoms with Crippen molar-refractivity contribution < 1.29 is 27.5 Å². The van der Waals surface area contributed by atoms with Crippen LogP contribution in [0, 0.1) is 30.1 Å². The van der Waals surface area contributed by atoms with Crippen molar-refractivity contribution in [2.24, 2.45) is 5.73 Å². The number of ether oxygens (including phenoxy) is 1. The van der Waals surface area contributed by atoms with E-state index in [1.807, 2.05) is 6.07 Å². The number of aryl methyl sites for hydroxylation is 1. The number of nitriles is 1. The Hall–Kier alpha value is -5.33. The first-order valence-corrected chi connectivity index (χ1v) is 11.6. The molecule has 0 aliphatic rings. The van der Waals surface area contributed by atoms with Gasteiger partial charge >= 0.3 is 6.36 Å².